The number of nitrogens with two attached hydrogens (primary N) is 1. The Balaban J connectivity index is 2.53. The molecule has 1 amide bonds. The summed E-state index contributed by atoms with van der Waals surface area (Å²) in [4.78, 5) is 13.1. The number of carbonyl (C=O) groups is 1. The zero-order chi connectivity index (χ0) is 9.14. The molecule has 2 atom stereocenters. The average Bonchev–Trinajstić information content (AvgIpc) is 2.04. The Bertz CT molecular complexity index is 174. The van der Waals surface area contributed by atoms with Gasteiger partial charge in [-0.25, -0.2) is 0 Å². The number of hydrogen-bond donors (Lipinski definition) is 1. The zero-order valence-corrected chi connectivity index (χ0v) is 9.45. The van der Waals surface area contributed by atoms with Crippen LogP contribution in [0, 0.1) is 0 Å². The first-order valence-electron chi connectivity index (χ1n) is 4.32. The van der Waals surface area contributed by atoms with Gasteiger partial charge in [-0.15, -0.1) is 0 Å². The Kier molecular flexibility index (Phi) is 3.77. The second-order valence-corrected chi connectivity index (χ2v) is 4.50. The molecule has 1 rings (SSSR count). The summed E-state index contributed by atoms with van der Waals surface area (Å²) in [5, 5.41) is 0. The third-order valence-electron chi connectivity index (χ3n) is 2.38. The van der Waals surface area contributed by atoms with Gasteiger partial charge in [0.25, 0.3) is 0 Å². The molecule has 0 spiro atoms. The van der Waals surface area contributed by atoms with Gasteiger partial charge in [0.05, 0.1) is 0 Å². The van der Waals surface area contributed by atoms with Crippen LogP contribution < -0.4 is 5.73 Å². The Morgan fingerprint density at radius 2 is 2.33 bits per heavy atom. The summed E-state index contributed by atoms with van der Waals surface area (Å²) in [5.41, 5.74) is 5.24. The fourth-order valence-corrected chi connectivity index (χ4v) is 2.45. The molecule has 4 heteroatoms. The minimum absolute atomic E-state index is 0.127. The molecule has 12 heavy (non-hydrogen) atoms. The van der Waals surface area contributed by atoms with E-state index < -0.39 is 0 Å². The molecule has 1 aliphatic heterocycles. The maximum Gasteiger partial charge on any atom is 0.244 e. The largest absolute Gasteiger partial charge is 0.368 e. The molecule has 0 aliphatic carbocycles. The number of halogens is 1. The van der Waals surface area contributed by atoms with Crippen LogP contribution in [0.1, 0.15) is 26.2 Å². The molecule has 0 radical (unpaired) electrons. The van der Waals surface area contributed by atoms with Crippen LogP contribution in [0.2, 0.25) is 0 Å². The van der Waals surface area contributed by atoms with Gasteiger partial charge in [-0.2, -0.15) is 0 Å². The monoisotopic (exact) mass is 282 g/mol. The van der Waals surface area contributed by atoms with Gasteiger partial charge in [0.1, 0.15) is 4.05 Å². The van der Waals surface area contributed by atoms with Gasteiger partial charge < -0.3 is 5.73 Å². The highest BCUT2D eigenvalue weighted by Crippen LogP contribution is 2.21. The normalized spacial score (nSPS) is 28.3. The first-order valence-corrected chi connectivity index (χ1v) is 5.56. The van der Waals surface area contributed by atoms with Crippen molar-refractivity contribution in [2.45, 2.75) is 36.3 Å². The van der Waals surface area contributed by atoms with Crippen molar-refractivity contribution < 1.29 is 4.79 Å². The van der Waals surface area contributed by atoms with Crippen LogP contribution in [0.15, 0.2) is 0 Å². The molecule has 0 aromatic rings. The maximum absolute atomic E-state index is 10.9. The molecule has 0 saturated carbocycles. The molecule has 0 bridgehead atoms. The molecule has 1 saturated heterocycles. The van der Waals surface area contributed by atoms with E-state index in [1.165, 1.54) is 19.3 Å². The Hall–Kier alpha value is 0.160. The minimum Gasteiger partial charge on any atom is -0.368 e. The molecule has 0 aromatic carbocycles. The number of likely N-dealkylation sites (tertiary alicyclic amines) is 1. The van der Waals surface area contributed by atoms with Gasteiger partial charge in [-0.05, 0) is 26.3 Å². The summed E-state index contributed by atoms with van der Waals surface area (Å²) in [6.07, 6.45) is 3.66. The predicted octanol–water partition coefficient (Wildman–Crippen LogP) is 1.11. The van der Waals surface area contributed by atoms with Crippen LogP contribution in [0.3, 0.4) is 0 Å². The van der Waals surface area contributed by atoms with Crippen molar-refractivity contribution in [1.82, 2.24) is 4.90 Å². The molecule has 2 unspecified atom stereocenters. The highest BCUT2D eigenvalue weighted by atomic mass is 127. The van der Waals surface area contributed by atoms with Gasteiger partial charge in [-0.3, -0.25) is 9.69 Å². The lowest BCUT2D eigenvalue weighted by Crippen LogP contribution is -2.47. The summed E-state index contributed by atoms with van der Waals surface area (Å²) in [6, 6.07) is 0.508. The minimum atomic E-state index is -0.218. The summed E-state index contributed by atoms with van der Waals surface area (Å²) < 4.78 is -0.127. The number of nitrogens with zero attached hydrogens (tertiary/aromatic N) is 1. The van der Waals surface area contributed by atoms with Crippen molar-refractivity contribution >= 4 is 28.5 Å². The van der Waals surface area contributed by atoms with Gasteiger partial charge >= 0.3 is 0 Å². The fraction of sp³-hybridized carbons (Fsp3) is 0.875. The molecule has 70 valence electrons. The van der Waals surface area contributed by atoms with Crippen molar-refractivity contribution in [2.75, 3.05) is 6.54 Å². The smallest absolute Gasteiger partial charge is 0.244 e. The van der Waals surface area contributed by atoms with E-state index >= 15 is 0 Å². The molecule has 3 nitrogen and oxygen atoms in total. The van der Waals surface area contributed by atoms with E-state index in [9.17, 15) is 4.79 Å². The van der Waals surface area contributed by atoms with Crippen LogP contribution >= 0.6 is 22.6 Å². The second kappa shape index (κ2) is 4.41. The van der Waals surface area contributed by atoms with E-state index in [0.29, 0.717) is 6.04 Å². The van der Waals surface area contributed by atoms with Gasteiger partial charge in [0, 0.05) is 6.04 Å². The summed E-state index contributed by atoms with van der Waals surface area (Å²) >= 11 is 2.12. The van der Waals surface area contributed by atoms with Crippen LogP contribution in [-0.2, 0) is 4.79 Å². The lowest BCUT2D eigenvalue weighted by atomic mass is 10.0. The number of alkyl halides is 1. The Morgan fingerprint density at radius 1 is 1.67 bits per heavy atom. The highest BCUT2D eigenvalue weighted by Gasteiger charge is 2.27. The Labute approximate surface area is 86.8 Å². The molecule has 1 aliphatic rings. The highest BCUT2D eigenvalue weighted by molar-refractivity contribution is 14.1. The third kappa shape index (κ3) is 2.32. The third-order valence-corrected chi connectivity index (χ3v) is 3.71. The van der Waals surface area contributed by atoms with Crippen LogP contribution in [0.25, 0.3) is 0 Å². The van der Waals surface area contributed by atoms with Crippen molar-refractivity contribution in [3.63, 3.8) is 0 Å². The number of hydrogen-bond acceptors (Lipinski definition) is 2. The first kappa shape index (κ1) is 10.2. The van der Waals surface area contributed by atoms with Gasteiger partial charge in [-0.1, -0.05) is 29.0 Å². The molecular formula is C8H15IN2O. The molecule has 1 fully saturated rings. The zero-order valence-electron chi connectivity index (χ0n) is 7.29. The van der Waals surface area contributed by atoms with Crippen LogP contribution in [-0.4, -0.2) is 27.4 Å². The summed E-state index contributed by atoms with van der Waals surface area (Å²) in [5.74, 6) is -0.218. The van der Waals surface area contributed by atoms with Crippen molar-refractivity contribution in [3.05, 3.63) is 0 Å². The number of carbonyl (C=O) groups excluding carboxylic acids is 1. The van der Waals surface area contributed by atoms with E-state index in [2.05, 4.69) is 34.4 Å². The van der Waals surface area contributed by atoms with Crippen molar-refractivity contribution in [3.8, 4) is 0 Å². The summed E-state index contributed by atoms with van der Waals surface area (Å²) in [7, 11) is 0. The lowest BCUT2D eigenvalue weighted by molar-refractivity contribution is -0.120. The molecular weight excluding hydrogens is 267 g/mol. The van der Waals surface area contributed by atoms with Crippen molar-refractivity contribution in [2.24, 2.45) is 5.73 Å². The quantitative estimate of drug-likeness (QED) is 0.468. The first-order chi connectivity index (χ1) is 5.63. The standard InChI is InChI=1S/C8H15IN2O/c1-6-4-2-3-5-11(6)7(9)8(10)12/h6-7H,2-5H2,1H3,(H2,10,12). The lowest BCUT2D eigenvalue weighted by Gasteiger charge is -2.35. The molecule has 1 heterocycles. The van der Waals surface area contributed by atoms with E-state index in [0.717, 1.165) is 6.54 Å². The van der Waals surface area contributed by atoms with Gasteiger partial charge in [0.2, 0.25) is 5.91 Å². The van der Waals surface area contributed by atoms with E-state index in [1.807, 2.05) is 0 Å². The fourth-order valence-electron chi connectivity index (χ4n) is 1.62. The van der Waals surface area contributed by atoms with Gasteiger partial charge in [0.15, 0.2) is 0 Å². The van der Waals surface area contributed by atoms with E-state index in [4.69, 9.17) is 5.73 Å². The average molecular weight is 282 g/mol. The van der Waals surface area contributed by atoms with E-state index in [-0.39, 0.29) is 9.96 Å². The second-order valence-electron chi connectivity index (χ2n) is 3.32. The molecule has 2 N–H and O–H groups in total. The topological polar surface area (TPSA) is 46.3 Å². The maximum atomic E-state index is 10.9. The van der Waals surface area contributed by atoms with Crippen LogP contribution in [0.4, 0.5) is 0 Å². The predicted molar refractivity (Wildman–Crippen MR) is 57.0 cm³/mol. The number of primary amides is 1. The number of amides is 1. The number of rotatable bonds is 2. The van der Waals surface area contributed by atoms with Crippen molar-refractivity contribution in [1.29, 1.82) is 0 Å². The number of piperidine rings is 1. The SMILES string of the molecule is CC1CCCCN1C(I)C(N)=O. The van der Waals surface area contributed by atoms with E-state index in [1.54, 1.807) is 0 Å². The Morgan fingerprint density at radius 3 is 2.83 bits per heavy atom. The summed E-state index contributed by atoms with van der Waals surface area (Å²) in [6.45, 7) is 3.17. The van der Waals surface area contributed by atoms with Crippen LogP contribution in [0.5, 0.6) is 0 Å². The molecule has 0 aromatic heterocycles.